The normalized spacial score (nSPS) is 18.0. The molecule has 3 N–H and O–H groups in total. The SMILES string of the molecule is O=C(Nc1cccc2c1cnn2C(=O)O)NC1CCOc2c1cccc2N1CCOCC1. The van der Waals surface area contributed by atoms with Gasteiger partial charge in [0, 0.05) is 30.5 Å². The predicted octanol–water partition coefficient (Wildman–Crippen LogP) is 3.04. The monoisotopic (exact) mass is 437 g/mol. The van der Waals surface area contributed by atoms with Crippen LogP contribution in [0.3, 0.4) is 0 Å². The van der Waals surface area contributed by atoms with Gasteiger partial charge >= 0.3 is 12.1 Å². The van der Waals surface area contributed by atoms with Gasteiger partial charge in [0.15, 0.2) is 0 Å². The lowest BCUT2D eigenvalue weighted by Gasteiger charge is -2.34. The average Bonchev–Trinajstić information content (AvgIpc) is 3.25. The Morgan fingerprint density at radius 3 is 2.72 bits per heavy atom. The maximum Gasteiger partial charge on any atom is 0.432 e. The lowest BCUT2D eigenvalue weighted by Crippen LogP contribution is -2.38. The minimum atomic E-state index is -1.18. The summed E-state index contributed by atoms with van der Waals surface area (Å²) in [6.45, 7) is 3.45. The minimum absolute atomic E-state index is 0.208. The minimum Gasteiger partial charge on any atom is -0.491 e. The number of ether oxygens (including phenoxy) is 2. The second-order valence-electron chi connectivity index (χ2n) is 7.66. The molecule has 5 rings (SSSR count). The van der Waals surface area contributed by atoms with Crippen molar-refractivity contribution in [1.29, 1.82) is 0 Å². The highest BCUT2D eigenvalue weighted by Crippen LogP contribution is 2.40. The molecule has 166 valence electrons. The van der Waals surface area contributed by atoms with Gasteiger partial charge in [-0.15, -0.1) is 0 Å². The summed E-state index contributed by atoms with van der Waals surface area (Å²) in [5.74, 6) is 0.802. The van der Waals surface area contributed by atoms with Crippen molar-refractivity contribution in [2.24, 2.45) is 0 Å². The van der Waals surface area contributed by atoms with Gasteiger partial charge in [-0.05, 0) is 18.2 Å². The van der Waals surface area contributed by atoms with Crippen LogP contribution in [0.1, 0.15) is 18.0 Å². The Balaban J connectivity index is 1.35. The van der Waals surface area contributed by atoms with Crippen LogP contribution in [0.15, 0.2) is 42.6 Å². The van der Waals surface area contributed by atoms with E-state index in [1.54, 1.807) is 18.2 Å². The number of nitrogens with zero attached hydrogens (tertiary/aromatic N) is 3. The van der Waals surface area contributed by atoms with E-state index in [0.717, 1.165) is 34.8 Å². The molecular formula is C22H23N5O5. The Hall–Kier alpha value is -3.79. The van der Waals surface area contributed by atoms with Gasteiger partial charge in [-0.25, -0.2) is 9.59 Å². The molecule has 10 heteroatoms. The van der Waals surface area contributed by atoms with Gasteiger partial charge in [0.1, 0.15) is 5.75 Å². The summed E-state index contributed by atoms with van der Waals surface area (Å²) < 4.78 is 12.3. The number of carbonyl (C=O) groups is 2. The van der Waals surface area contributed by atoms with Crippen LogP contribution >= 0.6 is 0 Å². The van der Waals surface area contributed by atoms with Gasteiger partial charge in [-0.3, -0.25) is 0 Å². The Morgan fingerprint density at radius 2 is 1.91 bits per heavy atom. The first-order valence-electron chi connectivity index (χ1n) is 10.5. The largest absolute Gasteiger partial charge is 0.491 e. The van der Waals surface area contributed by atoms with Crippen LogP contribution in [0.5, 0.6) is 5.75 Å². The second kappa shape index (κ2) is 8.39. The molecule has 2 aromatic carbocycles. The van der Waals surface area contributed by atoms with Crippen molar-refractivity contribution < 1.29 is 24.2 Å². The fourth-order valence-electron chi connectivity index (χ4n) is 4.24. The number of hydrogen-bond acceptors (Lipinski definition) is 6. The quantitative estimate of drug-likeness (QED) is 0.576. The molecule has 0 spiro atoms. The summed E-state index contributed by atoms with van der Waals surface area (Å²) in [6.07, 6.45) is 0.891. The van der Waals surface area contributed by atoms with Gasteiger partial charge in [0.05, 0.1) is 49.0 Å². The number of benzene rings is 2. The molecule has 0 saturated carbocycles. The number of nitrogens with one attached hydrogen (secondary N) is 2. The highest BCUT2D eigenvalue weighted by Gasteiger charge is 2.27. The first-order valence-corrected chi connectivity index (χ1v) is 10.5. The Morgan fingerprint density at radius 1 is 1.09 bits per heavy atom. The number of hydrogen-bond donors (Lipinski definition) is 3. The molecule has 2 aliphatic rings. The summed E-state index contributed by atoms with van der Waals surface area (Å²) in [4.78, 5) is 26.4. The van der Waals surface area contributed by atoms with Crippen LogP contribution in [-0.2, 0) is 4.74 Å². The van der Waals surface area contributed by atoms with E-state index in [9.17, 15) is 14.7 Å². The maximum absolute atomic E-state index is 12.8. The first-order chi connectivity index (χ1) is 15.6. The zero-order valence-electron chi connectivity index (χ0n) is 17.3. The zero-order valence-corrected chi connectivity index (χ0v) is 17.3. The molecule has 1 aromatic heterocycles. The summed E-state index contributed by atoms with van der Waals surface area (Å²) >= 11 is 0. The van der Waals surface area contributed by atoms with E-state index in [2.05, 4.69) is 20.6 Å². The van der Waals surface area contributed by atoms with E-state index >= 15 is 0 Å². The topological polar surface area (TPSA) is 118 Å². The van der Waals surface area contributed by atoms with Crippen molar-refractivity contribution in [3.05, 3.63) is 48.2 Å². The molecule has 3 aromatic rings. The van der Waals surface area contributed by atoms with E-state index in [1.165, 1.54) is 6.20 Å². The molecule has 3 heterocycles. The molecule has 1 unspecified atom stereocenters. The lowest BCUT2D eigenvalue weighted by molar-refractivity contribution is 0.122. The van der Waals surface area contributed by atoms with Crippen molar-refractivity contribution in [1.82, 2.24) is 15.1 Å². The van der Waals surface area contributed by atoms with E-state index in [-0.39, 0.29) is 12.1 Å². The van der Waals surface area contributed by atoms with Gasteiger partial charge in [-0.1, -0.05) is 18.2 Å². The van der Waals surface area contributed by atoms with Gasteiger partial charge in [-0.2, -0.15) is 9.78 Å². The van der Waals surface area contributed by atoms with E-state index in [1.807, 2.05) is 18.2 Å². The Labute approximate surface area is 183 Å². The van der Waals surface area contributed by atoms with Crippen LogP contribution in [0.25, 0.3) is 10.9 Å². The molecule has 1 fully saturated rings. The fourth-order valence-corrected chi connectivity index (χ4v) is 4.24. The third kappa shape index (κ3) is 3.69. The highest BCUT2D eigenvalue weighted by atomic mass is 16.5. The van der Waals surface area contributed by atoms with Crippen LogP contribution < -0.4 is 20.3 Å². The number of fused-ring (bicyclic) bond motifs is 2. The number of rotatable bonds is 3. The average molecular weight is 437 g/mol. The number of morpholine rings is 1. The molecule has 2 amide bonds. The number of carboxylic acid groups (broad SMARTS) is 1. The molecule has 1 atom stereocenters. The highest BCUT2D eigenvalue weighted by molar-refractivity contribution is 6.02. The van der Waals surface area contributed by atoms with Crippen LogP contribution in [0, 0.1) is 0 Å². The third-order valence-corrected chi connectivity index (χ3v) is 5.75. The van der Waals surface area contributed by atoms with E-state index in [0.29, 0.717) is 42.8 Å². The number of carbonyl (C=O) groups excluding carboxylic acids is 1. The molecule has 0 aliphatic carbocycles. The number of urea groups is 1. The predicted molar refractivity (Wildman–Crippen MR) is 118 cm³/mol. The molecule has 10 nitrogen and oxygen atoms in total. The van der Waals surface area contributed by atoms with Crippen molar-refractivity contribution in [3.8, 4) is 5.75 Å². The third-order valence-electron chi connectivity index (χ3n) is 5.75. The van der Waals surface area contributed by atoms with Crippen molar-refractivity contribution in [2.75, 3.05) is 43.1 Å². The van der Waals surface area contributed by atoms with Crippen molar-refractivity contribution in [2.45, 2.75) is 12.5 Å². The van der Waals surface area contributed by atoms with Crippen LogP contribution in [0.4, 0.5) is 21.0 Å². The molecular weight excluding hydrogens is 414 g/mol. The Bertz CT molecular complexity index is 1170. The van der Waals surface area contributed by atoms with Gasteiger partial charge < -0.3 is 30.1 Å². The van der Waals surface area contributed by atoms with Gasteiger partial charge in [0.2, 0.25) is 0 Å². The zero-order chi connectivity index (χ0) is 22.1. The summed E-state index contributed by atoms with van der Waals surface area (Å²) in [5.41, 5.74) is 2.85. The molecule has 0 radical (unpaired) electrons. The summed E-state index contributed by atoms with van der Waals surface area (Å²) in [6, 6.07) is 10.4. The van der Waals surface area contributed by atoms with Gasteiger partial charge in [0.25, 0.3) is 0 Å². The smallest absolute Gasteiger partial charge is 0.432 e. The van der Waals surface area contributed by atoms with E-state index < -0.39 is 6.09 Å². The van der Waals surface area contributed by atoms with Crippen molar-refractivity contribution >= 4 is 34.4 Å². The number of para-hydroxylation sites is 1. The van der Waals surface area contributed by atoms with Crippen LogP contribution in [0.2, 0.25) is 0 Å². The summed E-state index contributed by atoms with van der Waals surface area (Å²) in [5, 5.41) is 19.5. The lowest BCUT2D eigenvalue weighted by atomic mass is 9.99. The van der Waals surface area contributed by atoms with Crippen molar-refractivity contribution in [3.63, 3.8) is 0 Å². The molecule has 32 heavy (non-hydrogen) atoms. The van der Waals surface area contributed by atoms with E-state index in [4.69, 9.17) is 9.47 Å². The van der Waals surface area contributed by atoms with Crippen LogP contribution in [-0.4, -0.2) is 59.9 Å². The number of amides is 2. The number of aromatic nitrogens is 2. The first kappa shape index (κ1) is 20.1. The second-order valence-corrected chi connectivity index (χ2v) is 7.66. The molecule has 0 bridgehead atoms. The number of anilines is 2. The summed E-state index contributed by atoms with van der Waals surface area (Å²) in [7, 11) is 0. The fraction of sp³-hybridized carbons (Fsp3) is 0.318. The maximum atomic E-state index is 12.8. The Kier molecular flexibility index (Phi) is 5.28. The standard InChI is InChI=1S/C22H23N5O5/c28-21(24-16-4-2-5-18-15(16)13-23-27(18)22(29)30)25-17-7-10-32-20-14(17)3-1-6-19(20)26-8-11-31-12-9-26/h1-6,13,17H,7-12H2,(H,29,30)(H2,24,25,28). The molecule has 2 aliphatic heterocycles. The molecule has 1 saturated heterocycles.